The second-order valence-electron chi connectivity index (χ2n) is 5.78. The first-order valence-electron chi connectivity index (χ1n) is 7.28. The standard InChI is InChI=1S/C15H20N2O2S2/c1-5-17-11-9-7-15(3,4)19-8-10(9)21-12(11)16-13(14(17)18)20-6-2/h5-8H2,1-4H3. The van der Waals surface area contributed by atoms with Crippen LogP contribution in [0.15, 0.2) is 9.82 Å². The third-order valence-corrected chi connectivity index (χ3v) is 5.66. The Labute approximate surface area is 132 Å². The van der Waals surface area contributed by atoms with E-state index in [0.717, 1.165) is 22.5 Å². The fourth-order valence-corrected chi connectivity index (χ4v) is 4.60. The molecule has 0 spiro atoms. The van der Waals surface area contributed by atoms with Crippen molar-refractivity contribution in [2.75, 3.05) is 5.75 Å². The van der Waals surface area contributed by atoms with Crippen LogP contribution >= 0.6 is 23.1 Å². The molecule has 0 saturated carbocycles. The Morgan fingerprint density at radius 3 is 2.86 bits per heavy atom. The van der Waals surface area contributed by atoms with Crippen molar-refractivity contribution in [3.05, 3.63) is 20.8 Å². The van der Waals surface area contributed by atoms with Crippen LogP contribution in [0.3, 0.4) is 0 Å². The van der Waals surface area contributed by atoms with Gasteiger partial charge in [0, 0.05) is 17.8 Å². The number of aryl methyl sites for hydroxylation is 1. The number of thioether (sulfide) groups is 1. The van der Waals surface area contributed by atoms with Gasteiger partial charge in [-0.25, -0.2) is 4.98 Å². The predicted molar refractivity (Wildman–Crippen MR) is 88.5 cm³/mol. The van der Waals surface area contributed by atoms with Crippen LogP contribution in [-0.2, 0) is 24.3 Å². The Hall–Kier alpha value is -0.850. The minimum Gasteiger partial charge on any atom is -0.370 e. The second-order valence-corrected chi connectivity index (χ2v) is 8.12. The number of fused-ring (bicyclic) bond motifs is 3. The summed E-state index contributed by atoms with van der Waals surface area (Å²) in [4.78, 5) is 19.4. The first kappa shape index (κ1) is 15.1. The molecule has 3 rings (SSSR count). The van der Waals surface area contributed by atoms with E-state index >= 15 is 0 Å². The maximum absolute atomic E-state index is 12.6. The molecule has 0 unspecified atom stereocenters. The number of thiophene rings is 1. The molecule has 2 aromatic heterocycles. The Morgan fingerprint density at radius 2 is 2.19 bits per heavy atom. The lowest BCUT2D eigenvalue weighted by Crippen LogP contribution is -2.32. The average Bonchev–Trinajstić information content (AvgIpc) is 2.76. The van der Waals surface area contributed by atoms with Crippen LogP contribution in [0, 0.1) is 0 Å². The van der Waals surface area contributed by atoms with Crippen molar-refractivity contribution in [3.63, 3.8) is 0 Å². The highest BCUT2D eigenvalue weighted by Gasteiger charge is 2.31. The summed E-state index contributed by atoms with van der Waals surface area (Å²) in [5, 5.41) is 0.616. The monoisotopic (exact) mass is 324 g/mol. The number of hydrogen-bond acceptors (Lipinski definition) is 5. The van der Waals surface area contributed by atoms with Crippen LogP contribution < -0.4 is 5.56 Å². The van der Waals surface area contributed by atoms with Crippen molar-refractivity contribution >= 4 is 33.4 Å². The SMILES string of the molecule is CCSc1nc2sc3c(c2n(CC)c1=O)CC(C)(C)OC3. The molecule has 0 fully saturated rings. The molecule has 0 radical (unpaired) electrons. The fourth-order valence-electron chi connectivity index (χ4n) is 2.77. The molecular weight excluding hydrogens is 304 g/mol. The number of rotatable bonds is 3. The van der Waals surface area contributed by atoms with Gasteiger partial charge < -0.3 is 9.30 Å². The number of aromatic nitrogens is 2. The van der Waals surface area contributed by atoms with Crippen molar-refractivity contribution in [3.8, 4) is 0 Å². The van der Waals surface area contributed by atoms with E-state index < -0.39 is 0 Å². The molecule has 0 saturated heterocycles. The lowest BCUT2D eigenvalue weighted by molar-refractivity contribution is -0.0380. The number of ether oxygens (including phenoxy) is 1. The van der Waals surface area contributed by atoms with Crippen molar-refractivity contribution in [1.29, 1.82) is 0 Å². The highest BCUT2D eigenvalue weighted by atomic mass is 32.2. The topological polar surface area (TPSA) is 44.1 Å². The van der Waals surface area contributed by atoms with Crippen LogP contribution in [0.2, 0.25) is 0 Å². The van der Waals surface area contributed by atoms with Gasteiger partial charge in [0.05, 0.1) is 17.7 Å². The van der Waals surface area contributed by atoms with Crippen LogP contribution in [-0.4, -0.2) is 20.9 Å². The Balaban J connectivity index is 2.28. The second kappa shape index (κ2) is 5.41. The lowest BCUT2D eigenvalue weighted by atomic mass is 9.95. The molecule has 3 heterocycles. The van der Waals surface area contributed by atoms with Gasteiger partial charge in [-0.2, -0.15) is 0 Å². The van der Waals surface area contributed by atoms with Gasteiger partial charge in [0.2, 0.25) is 0 Å². The zero-order valence-electron chi connectivity index (χ0n) is 12.9. The maximum atomic E-state index is 12.6. The first-order chi connectivity index (χ1) is 9.96. The first-order valence-corrected chi connectivity index (χ1v) is 9.09. The van der Waals surface area contributed by atoms with E-state index in [1.54, 1.807) is 11.3 Å². The quantitative estimate of drug-likeness (QED) is 0.811. The van der Waals surface area contributed by atoms with Gasteiger partial charge in [-0.3, -0.25) is 4.79 Å². The van der Waals surface area contributed by atoms with Crippen LogP contribution in [0.5, 0.6) is 0 Å². The normalized spacial score (nSPS) is 17.1. The lowest BCUT2D eigenvalue weighted by Gasteiger charge is -2.30. The van der Waals surface area contributed by atoms with Crippen molar-refractivity contribution in [1.82, 2.24) is 9.55 Å². The molecule has 21 heavy (non-hydrogen) atoms. The zero-order valence-corrected chi connectivity index (χ0v) is 14.5. The average molecular weight is 324 g/mol. The van der Waals surface area contributed by atoms with Crippen LogP contribution in [0.25, 0.3) is 10.3 Å². The molecule has 0 bridgehead atoms. The summed E-state index contributed by atoms with van der Waals surface area (Å²) in [6.45, 7) is 9.57. The summed E-state index contributed by atoms with van der Waals surface area (Å²) in [6.07, 6.45) is 0.837. The highest BCUT2D eigenvalue weighted by molar-refractivity contribution is 7.99. The van der Waals surface area contributed by atoms with Gasteiger partial charge in [-0.05, 0) is 32.1 Å². The van der Waals surface area contributed by atoms with E-state index in [9.17, 15) is 4.79 Å². The third kappa shape index (κ3) is 2.53. The molecule has 2 aromatic rings. The van der Waals surface area contributed by atoms with Gasteiger partial charge >= 0.3 is 0 Å². The van der Waals surface area contributed by atoms with Gasteiger partial charge in [0.1, 0.15) is 4.83 Å². The van der Waals surface area contributed by atoms with Crippen molar-refractivity contribution in [2.45, 2.75) is 57.9 Å². The molecular formula is C15H20N2O2S2. The smallest absolute Gasteiger partial charge is 0.283 e. The van der Waals surface area contributed by atoms with Gasteiger partial charge in [-0.15, -0.1) is 23.1 Å². The van der Waals surface area contributed by atoms with Crippen molar-refractivity contribution < 1.29 is 4.74 Å². The van der Waals surface area contributed by atoms with E-state index in [-0.39, 0.29) is 11.2 Å². The van der Waals surface area contributed by atoms with E-state index in [1.807, 2.05) is 18.4 Å². The molecule has 0 N–H and O–H groups in total. The summed E-state index contributed by atoms with van der Waals surface area (Å²) in [5.74, 6) is 0.860. The molecule has 1 aliphatic heterocycles. The van der Waals surface area contributed by atoms with Crippen LogP contribution in [0.4, 0.5) is 0 Å². The fraction of sp³-hybridized carbons (Fsp3) is 0.600. The molecule has 0 aliphatic carbocycles. The summed E-state index contributed by atoms with van der Waals surface area (Å²) < 4.78 is 7.78. The van der Waals surface area contributed by atoms with Gasteiger partial charge in [0.25, 0.3) is 5.56 Å². The molecule has 4 nitrogen and oxygen atoms in total. The molecule has 6 heteroatoms. The van der Waals surface area contributed by atoms with E-state index in [0.29, 0.717) is 18.2 Å². The minimum atomic E-state index is -0.174. The maximum Gasteiger partial charge on any atom is 0.283 e. The summed E-state index contributed by atoms with van der Waals surface area (Å²) in [6, 6.07) is 0. The summed E-state index contributed by atoms with van der Waals surface area (Å²) in [7, 11) is 0. The zero-order chi connectivity index (χ0) is 15.2. The van der Waals surface area contributed by atoms with E-state index in [2.05, 4.69) is 18.8 Å². The Morgan fingerprint density at radius 1 is 1.43 bits per heavy atom. The molecule has 0 amide bonds. The van der Waals surface area contributed by atoms with E-state index in [4.69, 9.17) is 4.74 Å². The summed E-state index contributed by atoms with van der Waals surface area (Å²) in [5.41, 5.74) is 2.15. The van der Waals surface area contributed by atoms with Gasteiger partial charge in [0.15, 0.2) is 5.03 Å². The Kier molecular flexibility index (Phi) is 3.88. The van der Waals surface area contributed by atoms with Crippen LogP contribution in [0.1, 0.15) is 38.1 Å². The van der Waals surface area contributed by atoms with E-state index in [1.165, 1.54) is 22.2 Å². The number of hydrogen-bond donors (Lipinski definition) is 0. The molecule has 114 valence electrons. The predicted octanol–water partition coefficient (Wildman–Crippen LogP) is 3.44. The largest absolute Gasteiger partial charge is 0.370 e. The number of nitrogens with zero attached hydrogens (tertiary/aromatic N) is 2. The highest BCUT2D eigenvalue weighted by Crippen LogP contribution is 2.38. The minimum absolute atomic E-state index is 0.0433. The van der Waals surface area contributed by atoms with Gasteiger partial charge in [-0.1, -0.05) is 6.92 Å². The molecule has 0 atom stereocenters. The molecule has 0 aromatic carbocycles. The Bertz CT molecular complexity index is 746. The molecule has 1 aliphatic rings. The third-order valence-electron chi connectivity index (χ3n) is 3.74. The van der Waals surface area contributed by atoms with Crippen molar-refractivity contribution in [2.24, 2.45) is 0 Å². The summed E-state index contributed by atoms with van der Waals surface area (Å²) >= 11 is 3.19.